The normalized spacial score (nSPS) is 16.5. The minimum atomic E-state index is -0.578. The maximum Gasteiger partial charge on any atom is 0.410 e. The van der Waals surface area contributed by atoms with Crippen LogP contribution in [0.5, 0.6) is 0 Å². The zero-order valence-corrected chi connectivity index (χ0v) is 17.9. The minimum absolute atomic E-state index is 0.132. The van der Waals surface area contributed by atoms with Gasteiger partial charge in [-0.15, -0.1) is 0 Å². The van der Waals surface area contributed by atoms with Gasteiger partial charge in [0.15, 0.2) is 0 Å². The average molecular weight is 414 g/mol. The van der Waals surface area contributed by atoms with Gasteiger partial charge in [-0.2, -0.15) is 5.10 Å². The topological polar surface area (TPSA) is 102 Å². The molecule has 0 spiro atoms. The van der Waals surface area contributed by atoms with Crippen LogP contribution >= 0.6 is 0 Å². The highest BCUT2D eigenvalue weighted by molar-refractivity contribution is 5.86. The number of para-hydroxylation sites is 1. The summed E-state index contributed by atoms with van der Waals surface area (Å²) in [6.07, 6.45) is 2.46. The van der Waals surface area contributed by atoms with E-state index < -0.39 is 17.7 Å². The second kappa shape index (κ2) is 9.19. The lowest BCUT2D eigenvalue weighted by molar-refractivity contribution is -0.125. The first kappa shape index (κ1) is 21.7. The van der Waals surface area contributed by atoms with E-state index in [4.69, 9.17) is 10.5 Å². The van der Waals surface area contributed by atoms with Gasteiger partial charge in [0.2, 0.25) is 5.91 Å². The molecule has 2 amide bonds. The number of nitrogens with zero attached hydrogens (tertiary/aromatic N) is 3. The monoisotopic (exact) mass is 413 g/mol. The molecule has 3 rings (SSSR count). The lowest BCUT2D eigenvalue weighted by Gasteiger charge is -2.28. The van der Waals surface area contributed by atoms with Crippen LogP contribution in [0.4, 0.5) is 10.6 Å². The number of hydrogen-bond acceptors (Lipinski definition) is 5. The van der Waals surface area contributed by atoms with Crippen LogP contribution in [-0.4, -0.2) is 51.4 Å². The summed E-state index contributed by atoms with van der Waals surface area (Å²) in [6, 6.07) is 11.1. The molecule has 1 saturated heterocycles. The van der Waals surface area contributed by atoms with Crippen molar-refractivity contribution in [2.24, 2.45) is 0 Å². The van der Waals surface area contributed by atoms with Gasteiger partial charge >= 0.3 is 6.09 Å². The summed E-state index contributed by atoms with van der Waals surface area (Å²) < 4.78 is 7.13. The van der Waals surface area contributed by atoms with Crippen molar-refractivity contribution in [2.45, 2.75) is 58.1 Å². The van der Waals surface area contributed by atoms with Gasteiger partial charge < -0.3 is 15.8 Å². The standard InChI is InChI=1S/C22H31N5O3/c1-22(2,3)30-21(29)26-14-8-12-18(26)20(28)24-13-7-9-16-15-19(23)27(25-16)17-10-5-4-6-11-17/h4-6,10-11,15,18H,7-9,12-14,23H2,1-3H3,(H,24,28). The van der Waals surface area contributed by atoms with Gasteiger partial charge in [-0.3, -0.25) is 9.69 Å². The van der Waals surface area contributed by atoms with Gasteiger partial charge in [0, 0.05) is 19.2 Å². The van der Waals surface area contributed by atoms with Crippen LogP contribution in [0, 0.1) is 0 Å². The third-order valence-corrected chi connectivity index (χ3v) is 4.88. The molecule has 30 heavy (non-hydrogen) atoms. The summed E-state index contributed by atoms with van der Waals surface area (Å²) in [7, 11) is 0. The molecule has 2 aromatic rings. The van der Waals surface area contributed by atoms with Crippen LogP contribution in [0.25, 0.3) is 5.69 Å². The highest BCUT2D eigenvalue weighted by Crippen LogP contribution is 2.21. The Labute approximate surface area is 177 Å². The Balaban J connectivity index is 1.47. The number of nitrogens with one attached hydrogen (secondary N) is 1. The van der Waals surface area contributed by atoms with Gasteiger partial charge in [-0.1, -0.05) is 18.2 Å². The van der Waals surface area contributed by atoms with E-state index in [-0.39, 0.29) is 5.91 Å². The molecule has 8 nitrogen and oxygen atoms in total. The lowest BCUT2D eigenvalue weighted by atomic mass is 10.2. The molecule has 8 heteroatoms. The Morgan fingerprint density at radius 2 is 2.00 bits per heavy atom. The van der Waals surface area contributed by atoms with E-state index in [0.717, 1.165) is 24.2 Å². The molecule has 0 bridgehead atoms. The summed E-state index contributed by atoms with van der Waals surface area (Å²) in [4.78, 5) is 26.5. The number of carbonyl (C=O) groups excluding carboxylic acids is 2. The molecule has 1 aromatic heterocycles. The van der Waals surface area contributed by atoms with Crippen molar-refractivity contribution in [1.82, 2.24) is 20.0 Å². The summed E-state index contributed by atoms with van der Waals surface area (Å²) in [5.41, 5.74) is 7.29. The van der Waals surface area contributed by atoms with Crippen LogP contribution in [-0.2, 0) is 16.0 Å². The van der Waals surface area contributed by atoms with Crippen molar-refractivity contribution < 1.29 is 14.3 Å². The highest BCUT2D eigenvalue weighted by Gasteiger charge is 2.36. The molecule has 1 unspecified atom stereocenters. The molecular weight excluding hydrogens is 382 g/mol. The number of anilines is 1. The fraction of sp³-hybridized carbons (Fsp3) is 0.500. The van der Waals surface area contributed by atoms with Crippen LogP contribution in [0.15, 0.2) is 36.4 Å². The predicted molar refractivity (Wildman–Crippen MR) is 115 cm³/mol. The van der Waals surface area contributed by atoms with Crippen LogP contribution < -0.4 is 11.1 Å². The third-order valence-electron chi connectivity index (χ3n) is 4.88. The number of nitrogens with two attached hydrogens (primary N) is 1. The number of ether oxygens (including phenoxy) is 1. The lowest BCUT2D eigenvalue weighted by Crippen LogP contribution is -2.47. The number of likely N-dealkylation sites (tertiary alicyclic amines) is 1. The van der Waals surface area contributed by atoms with Crippen molar-refractivity contribution in [3.8, 4) is 5.69 Å². The second-order valence-electron chi connectivity index (χ2n) is 8.53. The Hall–Kier alpha value is -3.03. The maximum absolute atomic E-state index is 12.6. The summed E-state index contributed by atoms with van der Waals surface area (Å²) >= 11 is 0. The fourth-order valence-corrected chi connectivity index (χ4v) is 3.52. The van der Waals surface area contributed by atoms with Gasteiger partial charge in [0.05, 0.1) is 11.4 Å². The number of aryl methyl sites for hydroxylation is 1. The quantitative estimate of drug-likeness (QED) is 0.709. The van der Waals surface area contributed by atoms with Gasteiger partial charge in [0.25, 0.3) is 0 Å². The molecule has 0 aliphatic carbocycles. The molecule has 162 valence electrons. The van der Waals surface area contributed by atoms with Crippen molar-refractivity contribution in [3.63, 3.8) is 0 Å². The molecule has 0 saturated carbocycles. The van der Waals surface area contributed by atoms with Crippen LogP contribution in [0.3, 0.4) is 0 Å². The van der Waals surface area contributed by atoms with Crippen LogP contribution in [0.2, 0.25) is 0 Å². The largest absolute Gasteiger partial charge is 0.444 e. The van der Waals surface area contributed by atoms with E-state index in [2.05, 4.69) is 10.4 Å². The highest BCUT2D eigenvalue weighted by atomic mass is 16.6. The summed E-state index contributed by atoms with van der Waals surface area (Å²) in [5.74, 6) is 0.451. The zero-order valence-electron chi connectivity index (χ0n) is 17.9. The zero-order chi connectivity index (χ0) is 21.7. The molecule has 3 N–H and O–H groups in total. The number of rotatable bonds is 6. The number of amides is 2. The smallest absolute Gasteiger partial charge is 0.410 e. The Morgan fingerprint density at radius 1 is 1.27 bits per heavy atom. The Bertz CT molecular complexity index is 873. The molecular formula is C22H31N5O3. The maximum atomic E-state index is 12.6. The summed E-state index contributed by atoms with van der Waals surface area (Å²) in [6.45, 7) is 6.52. The first-order valence-electron chi connectivity index (χ1n) is 10.4. The number of benzene rings is 1. The first-order chi connectivity index (χ1) is 14.2. The van der Waals surface area contributed by atoms with E-state index in [1.165, 1.54) is 4.90 Å². The van der Waals surface area contributed by atoms with Crippen LogP contribution in [0.1, 0.15) is 45.7 Å². The summed E-state index contributed by atoms with van der Waals surface area (Å²) in [5, 5.41) is 7.49. The molecule has 0 radical (unpaired) electrons. The Morgan fingerprint density at radius 3 is 2.70 bits per heavy atom. The van der Waals surface area contributed by atoms with Crippen molar-refractivity contribution in [2.75, 3.05) is 18.8 Å². The van der Waals surface area contributed by atoms with Gasteiger partial charge in [0.1, 0.15) is 17.5 Å². The predicted octanol–water partition coefficient (Wildman–Crippen LogP) is 2.90. The third kappa shape index (κ3) is 5.52. The molecule has 1 atom stereocenters. The van der Waals surface area contributed by atoms with Crippen molar-refractivity contribution in [3.05, 3.63) is 42.1 Å². The second-order valence-corrected chi connectivity index (χ2v) is 8.53. The number of nitrogen functional groups attached to an aromatic ring is 1. The molecule has 2 heterocycles. The van der Waals surface area contributed by atoms with E-state index >= 15 is 0 Å². The minimum Gasteiger partial charge on any atom is -0.444 e. The van der Waals surface area contributed by atoms with Crippen molar-refractivity contribution >= 4 is 17.8 Å². The van der Waals surface area contributed by atoms with Gasteiger partial charge in [-0.25, -0.2) is 9.48 Å². The van der Waals surface area contributed by atoms with Crippen molar-refractivity contribution in [1.29, 1.82) is 0 Å². The fourth-order valence-electron chi connectivity index (χ4n) is 3.52. The number of aromatic nitrogens is 2. The number of carbonyl (C=O) groups is 2. The Kier molecular flexibility index (Phi) is 6.64. The van der Waals surface area contributed by atoms with E-state index in [1.54, 1.807) is 4.68 Å². The van der Waals surface area contributed by atoms with E-state index in [0.29, 0.717) is 31.7 Å². The molecule has 1 aliphatic heterocycles. The SMILES string of the molecule is CC(C)(C)OC(=O)N1CCCC1C(=O)NCCCc1cc(N)n(-c2ccccc2)n1. The number of hydrogen-bond donors (Lipinski definition) is 2. The molecule has 1 aliphatic rings. The first-order valence-corrected chi connectivity index (χ1v) is 10.4. The molecule has 1 fully saturated rings. The van der Waals surface area contributed by atoms with E-state index in [1.807, 2.05) is 57.2 Å². The van der Waals surface area contributed by atoms with Gasteiger partial charge in [-0.05, 0) is 58.6 Å². The molecule has 1 aromatic carbocycles. The average Bonchev–Trinajstić information content (AvgIpc) is 3.31. The van der Waals surface area contributed by atoms with E-state index in [9.17, 15) is 9.59 Å².